The number of aliphatic hydroxyl groups excluding tert-OH is 1. The van der Waals surface area contributed by atoms with Gasteiger partial charge in [0.25, 0.3) is 0 Å². The highest BCUT2D eigenvalue weighted by Gasteiger charge is 2.31. The highest BCUT2D eigenvalue weighted by atomic mass is 16.5. The Morgan fingerprint density at radius 1 is 1.23 bits per heavy atom. The van der Waals surface area contributed by atoms with Gasteiger partial charge in [-0.3, -0.25) is 10.2 Å². The molecular weight excluding hydrogens is 392 g/mol. The number of fused-ring (bicyclic) bond motifs is 1. The largest absolute Gasteiger partial charge is 0.509 e. The number of aromatic amines is 1. The van der Waals surface area contributed by atoms with Crippen molar-refractivity contribution >= 4 is 34.1 Å². The fraction of sp³-hybridized carbons (Fsp3) is 0.292. The second kappa shape index (κ2) is 7.91. The fourth-order valence-electron chi connectivity index (χ4n) is 3.70. The van der Waals surface area contributed by atoms with Crippen LogP contribution in [0, 0.1) is 19.3 Å². The topological polar surface area (TPSA) is 102 Å². The van der Waals surface area contributed by atoms with Crippen molar-refractivity contribution in [2.24, 2.45) is 0 Å². The van der Waals surface area contributed by atoms with E-state index in [0.29, 0.717) is 11.4 Å². The Balaban J connectivity index is 1.54. The molecule has 2 aromatic carbocycles. The summed E-state index contributed by atoms with van der Waals surface area (Å²) in [5.41, 5.74) is 5.97. The average Bonchev–Trinajstić information content (AvgIpc) is 3.21. The molecule has 0 radical (unpaired) electrons. The molecule has 0 bridgehead atoms. The molecule has 160 valence electrons. The number of amidine groups is 1. The lowest BCUT2D eigenvalue weighted by atomic mass is 10.1. The van der Waals surface area contributed by atoms with Crippen molar-refractivity contribution in [1.82, 2.24) is 9.97 Å². The minimum absolute atomic E-state index is 0.0992. The maximum atomic E-state index is 11.9. The number of aromatic nitrogens is 2. The predicted molar refractivity (Wildman–Crippen MR) is 122 cm³/mol. The molecule has 0 saturated carbocycles. The zero-order valence-corrected chi connectivity index (χ0v) is 18.1. The zero-order valence-electron chi connectivity index (χ0n) is 18.1. The van der Waals surface area contributed by atoms with Crippen LogP contribution < -0.4 is 4.90 Å². The third-order valence-corrected chi connectivity index (χ3v) is 5.40. The number of imidazole rings is 1. The van der Waals surface area contributed by atoms with Gasteiger partial charge in [0.1, 0.15) is 17.4 Å². The lowest BCUT2D eigenvalue weighted by Gasteiger charge is -2.19. The minimum Gasteiger partial charge on any atom is -0.509 e. The van der Waals surface area contributed by atoms with Gasteiger partial charge in [0.05, 0.1) is 35.7 Å². The molecule has 1 aliphatic rings. The van der Waals surface area contributed by atoms with Crippen molar-refractivity contribution in [3.8, 4) is 0 Å². The van der Waals surface area contributed by atoms with Gasteiger partial charge in [-0.05, 0) is 68.7 Å². The van der Waals surface area contributed by atoms with E-state index >= 15 is 0 Å². The molecule has 0 spiro atoms. The van der Waals surface area contributed by atoms with Crippen LogP contribution in [0.1, 0.15) is 36.4 Å². The van der Waals surface area contributed by atoms with Gasteiger partial charge in [-0.15, -0.1) is 0 Å². The van der Waals surface area contributed by atoms with Crippen molar-refractivity contribution in [2.45, 2.75) is 40.2 Å². The monoisotopic (exact) mass is 418 g/mol. The first kappa shape index (κ1) is 20.7. The summed E-state index contributed by atoms with van der Waals surface area (Å²) in [6.07, 6.45) is 0.0537. The van der Waals surface area contributed by atoms with Gasteiger partial charge in [-0.25, -0.2) is 4.98 Å². The number of anilines is 1. The molecule has 31 heavy (non-hydrogen) atoms. The third-order valence-electron chi connectivity index (χ3n) is 5.40. The van der Waals surface area contributed by atoms with Crippen LogP contribution >= 0.6 is 0 Å². The number of nitrogens with one attached hydrogen (secondary N) is 2. The molecular formula is C24H26N4O3. The number of esters is 1. The summed E-state index contributed by atoms with van der Waals surface area (Å²) in [5.74, 6) is 0.491. The van der Waals surface area contributed by atoms with Crippen molar-refractivity contribution in [1.29, 1.82) is 5.41 Å². The van der Waals surface area contributed by atoms with Crippen LogP contribution in [0.2, 0.25) is 0 Å². The van der Waals surface area contributed by atoms with Crippen LogP contribution in [0.25, 0.3) is 16.6 Å². The van der Waals surface area contributed by atoms with Crippen LogP contribution in [-0.2, 0) is 16.0 Å². The van der Waals surface area contributed by atoms with Crippen molar-refractivity contribution < 1.29 is 14.6 Å². The maximum Gasteiger partial charge on any atom is 0.310 e. The molecule has 7 nitrogen and oxygen atoms in total. The normalized spacial score (nSPS) is 14.2. The Kier molecular flexibility index (Phi) is 5.27. The number of hydrogen-bond donors (Lipinski definition) is 3. The lowest BCUT2D eigenvalue weighted by molar-refractivity contribution is -0.146. The first-order valence-corrected chi connectivity index (χ1v) is 10.3. The van der Waals surface area contributed by atoms with E-state index in [4.69, 9.17) is 10.1 Å². The second-order valence-electron chi connectivity index (χ2n) is 8.18. The van der Waals surface area contributed by atoms with E-state index in [2.05, 4.69) is 9.97 Å². The molecule has 0 atom stereocenters. The van der Waals surface area contributed by atoms with E-state index in [9.17, 15) is 9.90 Å². The Bertz CT molecular complexity index is 1170. The summed E-state index contributed by atoms with van der Waals surface area (Å²) < 4.78 is 5.18. The summed E-state index contributed by atoms with van der Waals surface area (Å²) >= 11 is 0. The SMILES string of the molecule is Cc1cc2nc(C3=C(O)CN(c4ccc(CC(=O)OC(C)C)cc4)C3=N)[nH]c2cc1C. The first-order valence-electron chi connectivity index (χ1n) is 10.3. The Hall–Kier alpha value is -3.61. The molecule has 2 heterocycles. The van der Waals surface area contributed by atoms with E-state index in [1.54, 1.807) is 4.90 Å². The Morgan fingerprint density at radius 3 is 2.58 bits per heavy atom. The summed E-state index contributed by atoms with van der Waals surface area (Å²) in [7, 11) is 0. The number of nitrogens with zero attached hydrogens (tertiary/aromatic N) is 2. The van der Waals surface area contributed by atoms with Crippen molar-refractivity contribution in [3.63, 3.8) is 0 Å². The van der Waals surface area contributed by atoms with Crippen LogP contribution in [0.15, 0.2) is 42.2 Å². The smallest absolute Gasteiger partial charge is 0.310 e. The van der Waals surface area contributed by atoms with Crippen LogP contribution in [0.3, 0.4) is 0 Å². The Morgan fingerprint density at radius 2 is 1.90 bits per heavy atom. The number of aryl methyl sites for hydroxylation is 2. The van der Waals surface area contributed by atoms with Crippen LogP contribution in [-0.4, -0.2) is 39.5 Å². The van der Waals surface area contributed by atoms with Crippen LogP contribution in [0.5, 0.6) is 0 Å². The number of aliphatic hydroxyl groups is 1. The summed E-state index contributed by atoms with van der Waals surface area (Å²) in [5, 5.41) is 19.3. The number of carbonyl (C=O) groups excluding carboxylic acids is 1. The van der Waals surface area contributed by atoms with Crippen LogP contribution in [0.4, 0.5) is 5.69 Å². The number of H-pyrrole nitrogens is 1. The fourth-order valence-corrected chi connectivity index (χ4v) is 3.70. The average molecular weight is 418 g/mol. The van der Waals surface area contributed by atoms with Crippen molar-refractivity contribution in [3.05, 3.63) is 64.7 Å². The molecule has 0 saturated heterocycles. The summed E-state index contributed by atoms with van der Waals surface area (Å²) in [6, 6.07) is 11.4. The number of benzene rings is 2. The molecule has 0 unspecified atom stereocenters. The van der Waals surface area contributed by atoms with E-state index in [-0.39, 0.29) is 36.6 Å². The van der Waals surface area contributed by atoms with Gasteiger partial charge in [-0.1, -0.05) is 12.1 Å². The molecule has 3 aromatic rings. The van der Waals surface area contributed by atoms with Gasteiger partial charge in [0.2, 0.25) is 0 Å². The van der Waals surface area contributed by atoms with Gasteiger partial charge >= 0.3 is 5.97 Å². The van der Waals surface area contributed by atoms with Crippen molar-refractivity contribution in [2.75, 3.05) is 11.4 Å². The predicted octanol–water partition coefficient (Wildman–Crippen LogP) is 4.44. The maximum absolute atomic E-state index is 11.9. The van der Waals surface area contributed by atoms with E-state index in [1.165, 1.54) is 0 Å². The molecule has 7 heteroatoms. The van der Waals surface area contributed by atoms with E-state index in [0.717, 1.165) is 33.4 Å². The third kappa shape index (κ3) is 4.03. The van der Waals surface area contributed by atoms with Gasteiger partial charge in [-0.2, -0.15) is 0 Å². The minimum atomic E-state index is -0.270. The number of carbonyl (C=O) groups is 1. The standard InChI is InChI=1S/C24H26N4O3/c1-13(2)31-21(30)11-16-5-7-17(8-6-16)28-12-20(29)22(23(28)25)24-26-18-9-14(3)15(4)10-19(18)27-24/h5-10,13,25,29H,11-12H2,1-4H3,(H,26,27). The highest BCUT2D eigenvalue weighted by Crippen LogP contribution is 2.31. The number of hydrogen-bond acceptors (Lipinski definition) is 5. The van der Waals surface area contributed by atoms with Gasteiger partial charge < -0.3 is 19.7 Å². The lowest BCUT2D eigenvalue weighted by Crippen LogP contribution is -2.26. The molecule has 0 aliphatic carbocycles. The van der Waals surface area contributed by atoms with Gasteiger partial charge in [0.15, 0.2) is 0 Å². The molecule has 4 rings (SSSR count). The molecule has 1 aromatic heterocycles. The summed E-state index contributed by atoms with van der Waals surface area (Å²) in [6.45, 7) is 7.91. The zero-order chi connectivity index (χ0) is 22.3. The second-order valence-corrected chi connectivity index (χ2v) is 8.18. The highest BCUT2D eigenvalue weighted by molar-refractivity contribution is 6.30. The Labute approximate surface area is 180 Å². The van der Waals surface area contributed by atoms with Gasteiger partial charge in [0, 0.05) is 5.69 Å². The summed E-state index contributed by atoms with van der Waals surface area (Å²) in [4.78, 5) is 21.4. The van der Waals surface area contributed by atoms with E-state index in [1.807, 2.05) is 64.1 Å². The molecule has 0 fully saturated rings. The number of rotatable bonds is 5. The molecule has 3 N–H and O–H groups in total. The number of ether oxygens (including phenoxy) is 1. The molecule has 0 amide bonds. The quantitative estimate of drug-likeness (QED) is 0.532. The van der Waals surface area contributed by atoms with E-state index < -0.39 is 0 Å². The molecule has 1 aliphatic heterocycles. The first-order chi connectivity index (χ1) is 14.7.